The number of nitriles is 1. The third-order valence-corrected chi connectivity index (χ3v) is 2.31. The van der Waals surface area contributed by atoms with Crippen LogP contribution < -0.4 is 0 Å². The molecule has 0 spiro atoms. The van der Waals surface area contributed by atoms with Crippen LogP contribution in [0, 0.1) is 21.4 Å². The van der Waals surface area contributed by atoms with Gasteiger partial charge in [0.15, 0.2) is 0 Å². The average molecular weight is 292 g/mol. The minimum absolute atomic E-state index is 0.138. The Morgan fingerprint density at radius 2 is 2.31 bits per heavy atom. The fraction of sp³-hybridized carbons (Fsp3) is 0.250. The summed E-state index contributed by atoms with van der Waals surface area (Å²) in [7, 11) is 0. The van der Waals surface area contributed by atoms with Crippen molar-refractivity contribution in [2.24, 2.45) is 0 Å². The van der Waals surface area contributed by atoms with E-state index in [1.165, 1.54) is 6.07 Å². The van der Waals surface area contributed by atoms with Crippen molar-refractivity contribution in [3.8, 4) is 6.07 Å². The first-order chi connectivity index (χ1) is 7.51. The molecule has 0 radical (unpaired) electrons. The molecule has 0 amide bonds. The summed E-state index contributed by atoms with van der Waals surface area (Å²) < 4.78 is 25.1. The number of hydrogen-bond donors (Lipinski definition) is 0. The quantitative estimate of drug-likeness (QED) is 0.487. The normalized spacial score (nSPS) is 10.2. The summed E-state index contributed by atoms with van der Waals surface area (Å²) in [5.41, 5.74) is -2.16. The van der Waals surface area contributed by atoms with E-state index in [4.69, 9.17) is 5.26 Å². The van der Waals surface area contributed by atoms with Crippen LogP contribution in [-0.4, -0.2) is 9.91 Å². The van der Waals surface area contributed by atoms with Crippen molar-refractivity contribution in [2.45, 2.75) is 11.8 Å². The molecule has 0 aromatic carbocycles. The molecule has 1 aromatic heterocycles. The number of halogens is 3. The lowest BCUT2D eigenvalue weighted by molar-refractivity contribution is -0.386. The van der Waals surface area contributed by atoms with Crippen molar-refractivity contribution >= 4 is 21.6 Å². The zero-order valence-electron chi connectivity index (χ0n) is 7.65. The van der Waals surface area contributed by atoms with Gasteiger partial charge in [-0.15, -0.1) is 0 Å². The third-order valence-electron chi connectivity index (χ3n) is 1.74. The zero-order valence-corrected chi connectivity index (χ0v) is 9.24. The first-order valence-electron chi connectivity index (χ1n) is 3.93. The summed E-state index contributed by atoms with van der Waals surface area (Å²) in [6.45, 7) is 0. The van der Waals surface area contributed by atoms with Crippen molar-refractivity contribution in [2.75, 3.05) is 0 Å². The number of alkyl halides is 3. The molecule has 0 saturated carbocycles. The summed E-state index contributed by atoms with van der Waals surface area (Å²) in [5.74, 6) is 0. The molecule has 1 rings (SSSR count). The van der Waals surface area contributed by atoms with Gasteiger partial charge in [0, 0.05) is 5.33 Å². The number of nitro groups is 1. The van der Waals surface area contributed by atoms with Gasteiger partial charge >= 0.3 is 5.69 Å². The lowest BCUT2D eigenvalue weighted by Gasteiger charge is -2.04. The Kier molecular flexibility index (Phi) is 3.84. The Labute approximate surface area is 97.0 Å². The number of rotatable bonds is 3. The van der Waals surface area contributed by atoms with E-state index in [1.807, 2.05) is 0 Å². The number of nitrogens with zero attached hydrogens (tertiary/aromatic N) is 3. The van der Waals surface area contributed by atoms with E-state index in [0.717, 1.165) is 6.07 Å². The lowest BCUT2D eigenvalue weighted by atomic mass is 10.1. The van der Waals surface area contributed by atoms with Crippen molar-refractivity contribution in [1.29, 1.82) is 5.26 Å². The molecule has 0 N–H and O–H groups in total. The molecule has 0 bridgehead atoms. The van der Waals surface area contributed by atoms with Gasteiger partial charge in [0.05, 0.1) is 10.6 Å². The van der Waals surface area contributed by atoms with Crippen molar-refractivity contribution < 1.29 is 13.7 Å². The first kappa shape index (κ1) is 12.4. The minimum atomic E-state index is -3.02. The summed E-state index contributed by atoms with van der Waals surface area (Å²) >= 11 is 2.98. The monoisotopic (exact) mass is 291 g/mol. The molecule has 0 aliphatic rings. The van der Waals surface area contributed by atoms with Crippen LogP contribution in [0.15, 0.2) is 6.07 Å². The summed E-state index contributed by atoms with van der Waals surface area (Å²) in [6, 6.07) is 2.36. The van der Waals surface area contributed by atoms with E-state index < -0.39 is 28.3 Å². The Morgan fingerprint density at radius 1 is 1.69 bits per heavy atom. The van der Waals surface area contributed by atoms with Crippen molar-refractivity contribution in [3.05, 3.63) is 33.1 Å². The van der Waals surface area contributed by atoms with Gasteiger partial charge in [0.2, 0.25) is 5.69 Å². The fourth-order valence-electron chi connectivity index (χ4n) is 1.12. The topological polar surface area (TPSA) is 79.8 Å². The fourth-order valence-corrected chi connectivity index (χ4v) is 1.41. The highest BCUT2D eigenvalue weighted by molar-refractivity contribution is 9.08. The minimum Gasteiger partial charge on any atom is -0.258 e. The van der Waals surface area contributed by atoms with Crippen LogP contribution in [0.4, 0.5) is 14.5 Å². The molecule has 0 fully saturated rings. The Hall–Kier alpha value is -1.62. The maximum atomic E-state index is 12.6. The van der Waals surface area contributed by atoms with E-state index in [0.29, 0.717) is 0 Å². The molecular formula is C8H4BrF2N3O2. The van der Waals surface area contributed by atoms with Gasteiger partial charge in [-0.05, 0) is 6.07 Å². The largest absolute Gasteiger partial charge is 0.314 e. The van der Waals surface area contributed by atoms with Gasteiger partial charge in [0.25, 0.3) is 6.43 Å². The highest BCUT2D eigenvalue weighted by Gasteiger charge is 2.28. The summed E-state index contributed by atoms with van der Waals surface area (Å²) in [6.07, 6.45) is -3.02. The molecule has 8 heteroatoms. The standard InChI is InChI=1S/C8H4BrF2N3O2/c9-2-4-1-5(8(10)11)7(14(15)16)6(3-12)13-4/h1,8H,2H2. The van der Waals surface area contributed by atoms with E-state index in [2.05, 4.69) is 20.9 Å². The van der Waals surface area contributed by atoms with Crippen LogP contribution in [0.5, 0.6) is 0 Å². The molecule has 84 valence electrons. The number of hydrogen-bond acceptors (Lipinski definition) is 4. The molecule has 0 aliphatic heterocycles. The predicted octanol–water partition coefficient (Wildman–Crippen LogP) is 2.69. The molecule has 0 aliphatic carbocycles. The third kappa shape index (κ3) is 2.30. The van der Waals surface area contributed by atoms with Gasteiger partial charge in [0.1, 0.15) is 11.6 Å². The first-order valence-corrected chi connectivity index (χ1v) is 5.05. The maximum Gasteiger partial charge on any atom is 0.314 e. The molecule has 0 unspecified atom stereocenters. The van der Waals surface area contributed by atoms with E-state index >= 15 is 0 Å². The molecule has 0 saturated heterocycles. The van der Waals surface area contributed by atoms with Crippen LogP contribution in [0.1, 0.15) is 23.4 Å². The number of aromatic nitrogens is 1. The molecule has 0 atom stereocenters. The van der Waals surface area contributed by atoms with E-state index in [1.54, 1.807) is 0 Å². The SMILES string of the molecule is N#Cc1nc(CBr)cc(C(F)F)c1[N+](=O)[O-]. The Morgan fingerprint density at radius 3 is 2.69 bits per heavy atom. The van der Waals surface area contributed by atoms with Gasteiger partial charge < -0.3 is 0 Å². The van der Waals surface area contributed by atoms with Crippen molar-refractivity contribution in [3.63, 3.8) is 0 Å². The summed E-state index contributed by atoms with van der Waals surface area (Å²) in [4.78, 5) is 13.1. The van der Waals surface area contributed by atoms with Gasteiger partial charge in [-0.25, -0.2) is 13.8 Å². The van der Waals surface area contributed by atoms with E-state index in [9.17, 15) is 18.9 Å². The average Bonchev–Trinajstić information content (AvgIpc) is 2.26. The smallest absolute Gasteiger partial charge is 0.258 e. The predicted molar refractivity (Wildman–Crippen MR) is 53.2 cm³/mol. The summed E-state index contributed by atoms with van der Waals surface area (Å²) in [5, 5.41) is 19.3. The van der Waals surface area contributed by atoms with E-state index in [-0.39, 0.29) is 11.0 Å². The van der Waals surface area contributed by atoms with Crippen LogP contribution in [0.3, 0.4) is 0 Å². The molecule has 1 aromatic rings. The van der Waals surface area contributed by atoms with Crippen LogP contribution >= 0.6 is 15.9 Å². The second-order valence-electron chi connectivity index (χ2n) is 2.70. The highest BCUT2D eigenvalue weighted by atomic mass is 79.9. The lowest BCUT2D eigenvalue weighted by Crippen LogP contribution is -2.03. The van der Waals surface area contributed by atoms with Gasteiger partial charge in [-0.2, -0.15) is 5.26 Å². The maximum absolute atomic E-state index is 12.6. The van der Waals surface area contributed by atoms with Gasteiger partial charge in [-0.3, -0.25) is 10.1 Å². The molecule has 16 heavy (non-hydrogen) atoms. The van der Waals surface area contributed by atoms with Crippen LogP contribution in [-0.2, 0) is 5.33 Å². The number of pyridine rings is 1. The second-order valence-corrected chi connectivity index (χ2v) is 3.26. The molecule has 5 nitrogen and oxygen atoms in total. The van der Waals surface area contributed by atoms with Crippen LogP contribution in [0.2, 0.25) is 0 Å². The van der Waals surface area contributed by atoms with Crippen LogP contribution in [0.25, 0.3) is 0 Å². The molecular weight excluding hydrogens is 288 g/mol. The molecule has 1 heterocycles. The van der Waals surface area contributed by atoms with Gasteiger partial charge in [-0.1, -0.05) is 15.9 Å². The zero-order chi connectivity index (χ0) is 12.3. The van der Waals surface area contributed by atoms with Crippen molar-refractivity contribution in [1.82, 2.24) is 4.98 Å². The highest BCUT2D eigenvalue weighted by Crippen LogP contribution is 2.31. The Balaban J connectivity index is 3.55. The second kappa shape index (κ2) is 4.94. The Bertz CT molecular complexity index is 473.